The average Bonchev–Trinajstić information content (AvgIpc) is 2.29. The van der Waals surface area contributed by atoms with Gasteiger partial charge >= 0.3 is 5.97 Å². The van der Waals surface area contributed by atoms with Gasteiger partial charge < -0.3 is 4.84 Å². The summed E-state index contributed by atoms with van der Waals surface area (Å²) in [4.78, 5) is 27.8. The maximum atomic E-state index is 11.6. The van der Waals surface area contributed by atoms with E-state index in [1.807, 2.05) is 19.9 Å². The Morgan fingerprint density at radius 3 is 2.24 bits per heavy atom. The van der Waals surface area contributed by atoms with Crippen molar-refractivity contribution >= 4 is 11.8 Å². The summed E-state index contributed by atoms with van der Waals surface area (Å²) in [5.41, 5.74) is 2.97. The third kappa shape index (κ3) is 4.00. The highest BCUT2D eigenvalue weighted by atomic mass is 16.7. The van der Waals surface area contributed by atoms with E-state index in [2.05, 4.69) is 5.48 Å². The second-order valence-corrected chi connectivity index (χ2v) is 4.21. The summed E-state index contributed by atoms with van der Waals surface area (Å²) in [5.74, 6) is -0.477. The van der Waals surface area contributed by atoms with Crippen LogP contribution in [0, 0.1) is 5.92 Å². The fourth-order valence-electron chi connectivity index (χ4n) is 1.44. The lowest BCUT2D eigenvalue weighted by Crippen LogP contribution is -2.40. The molecule has 0 aromatic heterocycles. The number of hydrogen-bond acceptors (Lipinski definition) is 4. The van der Waals surface area contributed by atoms with Gasteiger partial charge in [0.25, 0.3) is 0 Å². The Morgan fingerprint density at radius 2 is 1.76 bits per heavy atom. The molecule has 0 saturated heterocycles. The minimum atomic E-state index is -0.488. The third-order valence-corrected chi connectivity index (χ3v) is 2.39. The monoisotopic (exact) mass is 235 g/mol. The molecule has 4 nitrogen and oxygen atoms in total. The van der Waals surface area contributed by atoms with Gasteiger partial charge in [0.15, 0.2) is 0 Å². The number of nitrogens with one attached hydrogen (secondary N) is 1. The van der Waals surface area contributed by atoms with Crippen molar-refractivity contribution in [2.75, 3.05) is 0 Å². The number of hydroxylamine groups is 1. The highest BCUT2D eigenvalue weighted by Gasteiger charge is 2.20. The van der Waals surface area contributed by atoms with Crippen LogP contribution in [-0.4, -0.2) is 17.8 Å². The van der Waals surface area contributed by atoms with Crippen LogP contribution in [0.5, 0.6) is 0 Å². The van der Waals surface area contributed by atoms with Crippen LogP contribution in [0.4, 0.5) is 0 Å². The quantitative estimate of drug-likeness (QED) is 0.793. The first-order valence-corrected chi connectivity index (χ1v) is 5.54. The van der Waals surface area contributed by atoms with Crippen LogP contribution in [0.1, 0.15) is 31.1 Å². The van der Waals surface area contributed by atoms with E-state index >= 15 is 0 Å². The number of carbonyl (C=O) groups is 2. The van der Waals surface area contributed by atoms with Crippen molar-refractivity contribution in [3.05, 3.63) is 35.9 Å². The third-order valence-electron chi connectivity index (χ3n) is 2.39. The van der Waals surface area contributed by atoms with Gasteiger partial charge in [-0.15, -0.1) is 5.48 Å². The molecule has 1 aromatic carbocycles. The van der Waals surface area contributed by atoms with Crippen molar-refractivity contribution < 1.29 is 14.4 Å². The summed E-state index contributed by atoms with van der Waals surface area (Å²) in [5, 5.41) is 0. The zero-order chi connectivity index (χ0) is 12.8. The number of benzene rings is 1. The second-order valence-electron chi connectivity index (χ2n) is 4.21. The maximum Gasteiger partial charge on any atom is 0.356 e. The first kappa shape index (κ1) is 13.4. The number of ketones is 1. The van der Waals surface area contributed by atoms with Gasteiger partial charge in [0.05, 0.1) is 5.56 Å². The van der Waals surface area contributed by atoms with Crippen molar-refractivity contribution in [1.29, 1.82) is 0 Å². The molecular weight excluding hydrogens is 218 g/mol. The van der Waals surface area contributed by atoms with Crippen LogP contribution in [0.15, 0.2) is 30.3 Å². The summed E-state index contributed by atoms with van der Waals surface area (Å²) in [6, 6.07) is 8.16. The first-order chi connectivity index (χ1) is 8.02. The number of rotatable bonds is 5. The molecule has 1 unspecified atom stereocenters. The van der Waals surface area contributed by atoms with Crippen LogP contribution in [0.2, 0.25) is 0 Å². The zero-order valence-electron chi connectivity index (χ0n) is 10.3. The lowest BCUT2D eigenvalue weighted by atomic mass is 10.0. The lowest BCUT2D eigenvalue weighted by molar-refractivity contribution is -0.123. The Morgan fingerprint density at radius 1 is 1.18 bits per heavy atom. The lowest BCUT2D eigenvalue weighted by Gasteiger charge is -2.18. The summed E-state index contributed by atoms with van der Waals surface area (Å²) in [6.45, 7) is 5.23. The van der Waals surface area contributed by atoms with Gasteiger partial charge in [0, 0.05) is 0 Å². The standard InChI is InChI=1S/C13H17NO3/c1-9(2)12(10(3)15)14-17-13(16)11-7-5-4-6-8-11/h4-9,12,14H,1-3H3. The molecule has 0 aliphatic rings. The molecule has 0 spiro atoms. The molecule has 0 bridgehead atoms. The highest BCUT2D eigenvalue weighted by Crippen LogP contribution is 2.05. The predicted octanol–water partition coefficient (Wildman–Crippen LogP) is 1.96. The van der Waals surface area contributed by atoms with Crippen LogP contribution in [0.3, 0.4) is 0 Å². The Bertz CT molecular complexity index is 387. The number of hydrogen-bond donors (Lipinski definition) is 1. The van der Waals surface area contributed by atoms with Gasteiger partial charge in [-0.05, 0) is 25.0 Å². The van der Waals surface area contributed by atoms with E-state index in [0.29, 0.717) is 5.56 Å². The number of carbonyl (C=O) groups excluding carboxylic acids is 2. The molecule has 1 aromatic rings. The molecule has 0 heterocycles. The smallest absolute Gasteiger partial charge is 0.356 e. The SMILES string of the molecule is CC(=O)C(NOC(=O)c1ccccc1)C(C)C. The summed E-state index contributed by atoms with van der Waals surface area (Å²) < 4.78 is 0. The largest absolute Gasteiger partial charge is 0.366 e. The van der Waals surface area contributed by atoms with Gasteiger partial charge in [-0.1, -0.05) is 32.0 Å². The fourth-order valence-corrected chi connectivity index (χ4v) is 1.44. The van der Waals surface area contributed by atoms with Gasteiger partial charge in [-0.3, -0.25) is 4.79 Å². The summed E-state index contributed by atoms with van der Waals surface area (Å²) in [7, 11) is 0. The summed E-state index contributed by atoms with van der Waals surface area (Å²) in [6.07, 6.45) is 0. The molecule has 92 valence electrons. The molecule has 1 N–H and O–H groups in total. The normalized spacial score (nSPS) is 12.2. The Hall–Kier alpha value is -1.68. The minimum Gasteiger partial charge on any atom is -0.366 e. The number of Topliss-reactive ketones (excluding diaryl/α,β-unsaturated/α-hetero) is 1. The Kier molecular flexibility index (Phi) is 4.84. The second kappa shape index (κ2) is 6.15. The topological polar surface area (TPSA) is 55.4 Å². The van der Waals surface area contributed by atoms with E-state index < -0.39 is 12.0 Å². The van der Waals surface area contributed by atoms with E-state index in [9.17, 15) is 9.59 Å². The molecule has 0 saturated carbocycles. The van der Waals surface area contributed by atoms with Crippen molar-refractivity contribution in [2.45, 2.75) is 26.8 Å². The van der Waals surface area contributed by atoms with Crippen LogP contribution in [0.25, 0.3) is 0 Å². The Balaban J connectivity index is 2.56. The van der Waals surface area contributed by atoms with Crippen molar-refractivity contribution in [2.24, 2.45) is 5.92 Å². The molecule has 0 amide bonds. The maximum absolute atomic E-state index is 11.6. The molecule has 0 aliphatic heterocycles. The van der Waals surface area contributed by atoms with Gasteiger partial charge in [0.2, 0.25) is 0 Å². The van der Waals surface area contributed by atoms with Crippen molar-refractivity contribution in [3.63, 3.8) is 0 Å². The van der Waals surface area contributed by atoms with E-state index in [1.165, 1.54) is 6.92 Å². The van der Waals surface area contributed by atoms with Crippen LogP contribution < -0.4 is 5.48 Å². The predicted molar refractivity (Wildman–Crippen MR) is 64.3 cm³/mol. The molecular formula is C13H17NO3. The first-order valence-electron chi connectivity index (χ1n) is 5.54. The van der Waals surface area contributed by atoms with E-state index in [4.69, 9.17) is 4.84 Å². The zero-order valence-corrected chi connectivity index (χ0v) is 10.3. The van der Waals surface area contributed by atoms with Crippen molar-refractivity contribution in [3.8, 4) is 0 Å². The fraction of sp³-hybridized carbons (Fsp3) is 0.385. The average molecular weight is 235 g/mol. The highest BCUT2D eigenvalue weighted by molar-refractivity contribution is 5.89. The van der Waals surface area contributed by atoms with E-state index in [-0.39, 0.29) is 11.7 Å². The minimum absolute atomic E-state index is 0.0548. The molecule has 17 heavy (non-hydrogen) atoms. The van der Waals surface area contributed by atoms with Crippen LogP contribution in [-0.2, 0) is 9.63 Å². The molecule has 0 radical (unpaired) electrons. The van der Waals surface area contributed by atoms with Gasteiger partial charge in [0.1, 0.15) is 11.8 Å². The van der Waals surface area contributed by atoms with E-state index in [0.717, 1.165) is 0 Å². The summed E-state index contributed by atoms with van der Waals surface area (Å²) >= 11 is 0. The molecule has 1 rings (SSSR count). The molecule has 1 atom stereocenters. The molecule has 0 fully saturated rings. The van der Waals surface area contributed by atoms with E-state index in [1.54, 1.807) is 24.3 Å². The van der Waals surface area contributed by atoms with Crippen molar-refractivity contribution in [1.82, 2.24) is 5.48 Å². The molecule has 0 aliphatic carbocycles. The van der Waals surface area contributed by atoms with Crippen LogP contribution >= 0.6 is 0 Å². The Labute approximate surface area is 101 Å². The molecule has 4 heteroatoms. The van der Waals surface area contributed by atoms with Gasteiger partial charge in [-0.25, -0.2) is 4.79 Å². The van der Waals surface area contributed by atoms with Gasteiger partial charge in [-0.2, -0.15) is 0 Å².